The highest BCUT2D eigenvalue weighted by Crippen LogP contribution is 2.37. The van der Waals surface area contributed by atoms with E-state index in [0.29, 0.717) is 4.47 Å². The standard InChI is InChI=1S/C9H6Br2F2O3/c1-15-8(14)4-2-3-5(10)7(6(4)11)16-9(12)13/h2-3,9H,1H3. The summed E-state index contributed by atoms with van der Waals surface area (Å²) in [5.74, 6) is -0.781. The van der Waals surface area contributed by atoms with Gasteiger partial charge in [-0.25, -0.2) is 4.79 Å². The number of hydrogen-bond acceptors (Lipinski definition) is 3. The van der Waals surface area contributed by atoms with Crippen molar-refractivity contribution in [1.29, 1.82) is 0 Å². The fourth-order valence-corrected chi connectivity index (χ4v) is 2.29. The Morgan fingerprint density at radius 2 is 2.00 bits per heavy atom. The summed E-state index contributed by atoms with van der Waals surface area (Å²) in [4.78, 5) is 11.3. The van der Waals surface area contributed by atoms with Gasteiger partial charge < -0.3 is 9.47 Å². The smallest absolute Gasteiger partial charge is 0.387 e. The van der Waals surface area contributed by atoms with Crippen LogP contribution in [-0.2, 0) is 4.74 Å². The quantitative estimate of drug-likeness (QED) is 0.773. The number of benzene rings is 1. The number of ether oxygens (including phenoxy) is 2. The molecule has 0 amide bonds. The third kappa shape index (κ3) is 2.91. The summed E-state index contributed by atoms with van der Waals surface area (Å²) in [6, 6.07) is 2.85. The van der Waals surface area contributed by atoms with E-state index in [9.17, 15) is 13.6 Å². The average Bonchev–Trinajstić information content (AvgIpc) is 2.23. The summed E-state index contributed by atoms with van der Waals surface area (Å²) in [6.45, 7) is -2.97. The fourth-order valence-electron chi connectivity index (χ4n) is 0.997. The van der Waals surface area contributed by atoms with Crippen LogP contribution in [0.25, 0.3) is 0 Å². The van der Waals surface area contributed by atoms with Crippen molar-refractivity contribution in [3.8, 4) is 5.75 Å². The predicted molar refractivity (Wildman–Crippen MR) is 59.8 cm³/mol. The maximum absolute atomic E-state index is 12.1. The molecular weight excluding hydrogens is 354 g/mol. The molecule has 0 saturated heterocycles. The number of halogens is 4. The Balaban J connectivity index is 3.21. The van der Waals surface area contributed by atoms with Crippen LogP contribution in [0.3, 0.4) is 0 Å². The highest BCUT2D eigenvalue weighted by Gasteiger charge is 2.19. The molecule has 16 heavy (non-hydrogen) atoms. The molecule has 0 heterocycles. The molecule has 0 atom stereocenters. The monoisotopic (exact) mass is 358 g/mol. The molecule has 0 aliphatic heterocycles. The Hall–Kier alpha value is -0.690. The first-order chi connectivity index (χ1) is 7.47. The third-order valence-electron chi connectivity index (χ3n) is 1.66. The van der Waals surface area contributed by atoms with Crippen molar-refractivity contribution in [2.45, 2.75) is 6.61 Å². The van der Waals surface area contributed by atoms with E-state index in [1.165, 1.54) is 19.2 Å². The van der Waals surface area contributed by atoms with E-state index < -0.39 is 12.6 Å². The van der Waals surface area contributed by atoms with Crippen LogP contribution in [0.4, 0.5) is 8.78 Å². The van der Waals surface area contributed by atoms with Crippen LogP contribution >= 0.6 is 31.9 Å². The van der Waals surface area contributed by atoms with Crippen LogP contribution in [-0.4, -0.2) is 19.7 Å². The van der Waals surface area contributed by atoms with Gasteiger partial charge in [-0.2, -0.15) is 8.78 Å². The Morgan fingerprint density at radius 1 is 1.38 bits per heavy atom. The number of esters is 1. The minimum atomic E-state index is -2.97. The molecule has 1 rings (SSSR count). The largest absolute Gasteiger partial charge is 0.465 e. The molecule has 1 aromatic rings. The van der Waals surface area contributed by atoms with Gasteiger partial charge in [0.2, 0.25) is 0 Å². The lowest BCUT2D eigenvalue weighted by Crippen LogP contribution is -2.07. The molecule has 3 nitrogen and oxygen atoms in total. The summed E-state index contributed by atoms with van der Waals surface area (Å²) in [7, 11) is 1.20. The molecule has 0 bridgehead atoms. The van der Waals surface area contributed by atoms with E-state index in [0.717, 1.165) is 0 Å². The van der Waals surface area contributed by atoms with E-state index in [-0.39, 0.29) is 15.8 Å². The first-order valence-electron chi connectivity index (χ1n) is 3.98. The molecule has 0 aromatic heterocycles. The highest BCUT2D eigenvalue weighted by molar-refractivity contribution is 9.11. The molecule has 0 unspecified atom stereocenters. The zero-order valence-corrected chi connectivity index (χ0v) is 11.1. The topological polar surface area (TPSA) is 35.5 Å². The third-order valence-corrected chi connectivity index (χ3v) is 3.07. The van der Waals surface area contributed by atoms with Crippen molar-refractivity contribution < 1.29 is 23.0 Å². The van der Waals surface area contributed by atoms with Gasteiger partial charge in [-0.3, -0.25) is 0 Å². The zero-order valence-electron chi connectivity index (χ0n) is 7.97. The molecule has 0 fully saturated rings. The highest BCUT2D eigenvalue weighted by atomic mass is 79.9. The summed E-state index contributed by atoms with van der Waals surface area (Å²) in [5.41, 5.74) is 0.112. The minimum Gasteiger partial charge on any atom is -0.465 e. The van der Waals surface area contributed by atoms with E-state index in [4.69, 9.17) is 0 Å². The number of methoxy groups -OCH3 is 1. The lowest BCUT2D eigenvalue weighted by Gasteiger charge is -2.11. The molecular formula is C9H6Br2F2O3. The van der Waals surface area contributed by atoms with Gasteiger partial charge in [-0.1, -0.05) is 0 Å². The Bertz CT molecular complexity index is 410. The normalized spacial score (nSPS) is 10.4. The van der Waals surface area contributed by atoms with Crippen molar-refractivity contribution in [3.05, 3.63) is 26.6 Å². The van der Waals surface area contributed by atoms with Crippen LogP contribution in [0.15, 0.2) is 21.1 Å². The van der Waals surface area contributed by atoms with Gasteiger partial charge in [0.05, 0.1) is 21.6 Å². The van der Waals surface area contributed by atoms with Gasteiger partial charge in [0.15, 0.2) is 5.75 Å². The summed E-state index contributed by atoms with van der Waals surface area (Å²) < 4.78 is 33.4. The lowest BCUT2D eigenvalue weighted by atomic mass is 10.2. The van der Waals surface area contributed by atoms with E-state index >= 15 is 0 Å². The molecule has 0 radical (unpaired) electrons. The van der Waals surface area contributed by atoms with Crippen LogP contribution in [0.2, 0.25) is 0 Å². The van der Waals surface area contributed by atoms with Crippen molar-refractivity contribution in [2.24, 2.45) is 0 Å². The summed E-state index contributed by atoms with van der Waals surface area (Å²) in [6.07, 6.45) is 0. The number of alkyl halides is 2. The maximum Gasteiger partial charge on any atom is 0.387 e. The van der Waals surface area contributed by atoms with Gasteiger partial charge >= 0.3 is 12.6 Å². The number of hydrogen-bond donors (Lipinski definition) is 0. The predicted octanol–water partition coefficient (Wildman–Crippen LogP) is 3.60. The second kappa shape index (κ2) is 5.58. The van der Waals surface area contributed by atoms with Gasteiger partial charge in [0.1, 0.15) is 0 Å². The van der Waals surface area contributed by atoms with E-state index in [1.54, 1.807) is 0 Å². The number of rotatable bonds is 3. The Labute approximate surface area is 107 Å². The molecule has 0 aliphatic carbocycles. The molecule has 1 aromatic carbocycles. The SMILES string of the molecule is COC(=O)c1ccc(Br)c(OC(F)F)c1Br. The van der Waals surface area contributed by atoms with E-state index in [1.807, 2.05) is 0 Å². The van der Waals surface area contributed by atoms with Crippen LogP contribution < -0.4 is 4.74 Å². The summed E-state index contributed by atoms with van der Waals surface area (Å²) in [5, 5.41) is 0. The molecule has 0 N–H and O–H groups in total. The maximum atomic E-state index is 12.1. The van der Waals surface area contributed by atoms with Gasteiger partial charge in [0.25, 0.3) is 0 Å². The molecule has 0 saturated carbocycles. The first-order valence-corrected chi connectivity index (χ1v) is 5.57. The molecule has 0 spiro atoms. The number of carbonyl (C=O) groups excluding carboxylic acids is 1. The minimum absolute atomic E-state index is 0.112. The average molecular weight is 360 g/mol. The van der Waals surface area contributed by atoms with E-state index in [2.05, 4.69) is 41.3 Å². The van der Waals surface area contributed by atoms with Gasteiger partial charge in [-0.05, 0) is 44.0 Å². The Kier molecular flexibility index (Phi) is 4.67. The number of carbonyl (C=O) groups is 1. The van der Waals surface area contributed by atoms with Crippen molar-refractivity contribution in [2.75, 3.05) is 7.11 Å². The zero-order chi connectivity index (χ0) is 12.3. The van der Waals surface area contributed by atoms with Crippen molar-refractivity contribution >= 4 is 37.8 Å². The van der Waals surface area contributed by atoms with Crippen molar-refractivity contribution in [1.82, 2.24) is 0 Å². The second-order valence-corrected chi connectivity index (χ2v) is 4.26. The lowest BCUT2D eigenvalue weighted by molar-refractivity contribution is -0.0509. The summed E-state index contributed by atoms with van der Waals surface area (Å²) >= 11 is 6.05. The van der Waals surface area contributed by atoms with Gasteiger partial charge in [0, 0.05) is 0 Å². The Morgan fingerprint density at radius 3 is 2.50 bits per heavy atom. The van der Waals surface area contributed by atoms with Crippen LogP contribution in [0.5, 0.6) is 5.75 Å². The van der Waals surface area contributed by atoms with Gasteiger partial charge in [-0.15, -0.1) is 0 Å². The van der Waals surface area contributed by atoms with Crippen molar-refractivity contribution in [3.63, 3.8) is 0 Å². The van der Waals surface area contributed by atoms with Crippen LogP contribution in [0.1, 0.15) is 10.4 Å². The molecule has 0 aliphatic rings. The first kappa shape index (κ1) is 13.4. The fraction of sp³-hybridized carbons (Fsp3) is 0.222. The second-order valence-electron chi connectivity index (χ2n) is 2.61. The molecule has 7 heteroatoms. The van der Waals surface area contributed by atoms with Crippen LogP contribution in [0, 0.1) is 0 Å². The molecule has 88 valence electrons.